The quantitative estimate of drug-likeness (QED) is 0.453. The topological polar surface area (TPSA) is 49.7 Å². The number of hydrogen-bond donors (Lipinski definition) is 0. The van der Waals surface area contributed by atoms with Crippen LogP contribution in [0.5, 0.6) is 0 Å². The van der Waals surface area contributed by atoms with E-state index < -0.39 is 20.5 Å². The maximum Gasteiger partial charge on any atom is 0.341 e. The molecule has 0 aromatic heterocycles. The Morgan fingerprint density at radius 1 is 0.933 bits per heavy atom. The molecule has 1 atom stereocenters. The van der Waals surface area contributed by atoms with E-state index in [0.29, 0.717) is 12.1 Å². The summed E-state index contributed by atoms with van der Waals surface area (Å²) in [5, 5.41) is 6.59. The molecule has 0 amide bonds. The smallest absolute Gasteiger partial charge is 0.257 e. The van der Waals surface area contributed by atoms with Gasteiger partial charge in [-0.2, -0.15) is 13.9 Å². The van der Waals surface area contributed by atoms with Gasteiger partial charge in [0.1, 0.15) is 0 Å². The molecule has 0 radical (unpaired) electrons. The van der Waals surface area contributed by atoms with E-state index in [4.69, 9.17) is 5.10 Å². The van der Waals surface area contributed by atoms with Crippen LogP contribution in [-0.2, 0) is 9.84 Å². The van der Waals surface area contributed by atoms with Crippen LogP contribution in [-0.4, -0.2) is 19.9 Å². The predicted octanol–water partition coefficient (Wildman–Crippen LogP) is 5.80. The highest BCUT2D eigenvalue weighted by Gasteiger charge is 2.31. The Labute approximate surface area is 181 Å². The van der Waals surface area contributed by atoms with Crippen LogP contribution in [0.2, 0.25) is 0 Å². The van der Waals surface area contributed by atoms with E-state index in [1.54, 1.807) is 0 Å². The lowest BCUT2D eigenvalue weighted by Gasteiger charge is -2.24. The van der Waals surface area contributed by atoms with Gasteiger partial charge in [0, 0.05) is 10.9 Å². The number of halogens is 3. The van der Waals surface area contributed by atoms with Gasteiger partial charge in [-0.1, -0.05) is 58.4 Å². The number of hydrogen-bond acceptors (Lipinski definition) is 4. The van der Waals surface area contributed by atoms with E-state index in [9.17, 15) is 17.2 Å². The standard InChI is InChI=1S/C22H17BrF2N2O2S/c23-17-8-6-15(7-9-17)20-14-21(16-4-2-1-3-5-16)27(26-20)18-10-12-19(13-11-18)30(28,29)22(24)25/h1-13,21-22H,14H2/t21-/m0/s1. The molecule has 1 aliphatic rings. The van der Waals surface area contributed by atoms with Crippen molar-refractivity contribution in [1.29, 1.82) is 0 Å². The first-order chi connectivity index (χ1) is 14.4. The van der Waals surface area contributed by atoms with Crippen molar-refractivity contribution in [3.63, 3.8) is 0 Å². The molecule has 1 aliphatic heterocycles. The number of rotatable bonds is 5. The number of benzene rings is 3. The Balaban J connectivity index is 1.72. The minimum atomic E-state index is -4.63. The Hall–Kier alpha value is -2.58. The maximum absolute atomic E-state index is 12.8. The summed E-state index contributed by atoms with van der Waals surface area (Å²) in [6, 6.07) is 23.0. The minimum Gasteiger partial charge on any atom is -0.257 e. The first-order valence-electron chi connectivity index (χ1n) is 9.16. The molecule has 0 spiro atoms. The summed E-state index contributed by atoms with van der Waals surface area (Å²) in [4.78, 5) is -0.408. The van der Waals surface area contributed by atoms with Crippen molar-refractivity contribution < 1.29 is 17.2 Å². The molecule has 3 aromatic rings. The molecule has 0 saturated heterocycles. The van der Waals surface area contributed by atoms with Crippen LogP contribution in [0.1, 0.15) is 23.6 Å². The van der Waals surface area contributed by atoms with Gasteiger partial charge in [-0.15, -0.1) is 0 Å². The second kappa shape index (κ2) is 8.28. The molecule has 0 bridgehead atoms. The largest absolute Gasteiger partial charge is 0.341 e. The number of anilines is 1. The second-order valence-corrected chi connectivity index (χ2v) is 9.66. The van der Waals surface area contributed by atoms with Crippen molar-refractivity contribution in [3.8, 4) is 0 Å². The van der Waals surface area contributed by atoms with E-state index in [1.165, 1.54) is 24.3 Å². The van der Waals surface area contributed by atoms with Crippen LogP contribution < -0.4 is 5.01 Å². The Morgan fingerprint density at radius 2 is 1.57 bits per heavy atom. The van der Waals surface area contributed by atoms with Gasteiger partial charge in [-0.25, -0.2) is 8.42 Å². The third-order valence-electron chi connectivity index (χ3n) is 4.94. The molecule has 30 heavy (non-hydrogen) atoms. The average Bonchev–Trinajstić information content (AvgIpc) is 3.20. The van der Waals surface area contributed by atoms with Crippen molar-refractivity contribution in [2.45, 2.75) is 23.1 Å². The normalized spacial score (nSPS) is 16.7. The van der Waals surface area contributed by atoms with Crippen molar-refractivity contribution in [2.75, 3.05) is 5.01 Å². The highest BCUT2D eigenvalue weighted by molar-refractivity contribution is 9.10. The third-order valence-corrected chi connectivity index (χ3v) is 6.86. The summed E-state index contributed by atoms with van der Waals surface area (Å²) in [7, 11) is -4.63. The molecule has 0 fully saturated rings. The Kier molecular flexibility index (Phi) is 5.71. The lowest BCUT2D eigenvalue weighted by Crippen LogP contribution is -2.18. The Bertz CT molecular complexity index is 1170. The molecular weight excluding hydrogens is 474 g/mol. The van der Waals surface area contributed by atoms with Crippen molar-refractivity contribution in [1.82, 2.24) is 0 Å². The van der Waals surface area contributed by atoms with Crippen LogP contribution in [0.15, 0.2) is 93.3 Å². The van der Waals surface area contributed by atoms with E-state index in [2.05, 4.69) is 15.9 Å². The second-order valence-electron chi connectivity index (χ2n) is 6.83. The average molecular weight is 491 g/mol. The zero-order valence-electron chi connectivity index (χ0n) is 15.6. The van der Waals surface area contributed by atoms with Gasteiger partial charge in [0.15, 0.2) is 0 Å². The van der Waals surface area contributed by atoms with Gasteiger partial charge in [0.25, 0.3) is 0 Å². The number of nitrogens with zero attached hydrogens (tertiary/aromatic N) is 2. The van der Waals surface area contributed by atoms with E-state index in [1.807, 2.05) is 59.6 Å². The summed E-state index contributed by atoms with van der Waals surface area (Å²) < 4.78 is 50.1. The summed E-state index contributed by atoms with van der Waals surface area (Å²) in [6.45, 7) is 0. The van der Waals surface area contributed by atoms with Crippen LogP contribution in [0.25, 0.3) is 0 Å². The number of hydrazone groups is 1. The molecule has 0 unspecified atom stereocenters. The molecule has 0 N–H and O–H groups in total. The maximum atomic E-state index is 12.8. The summed E-state index contributed by atoms with van der Waals surface area (Å²) in [6.07, 6.45) is 0.655. The lowest BCUT2D eigenvalue weighted by molar-refractivity contribution is 0.234. The molecule has 0 saturated carbocycles. The van der Waals surface area contributed by atoms with Crippen LogP contribution in [0.3, 0.4) is 0 Å². The summed E-state index contributed by atoms with van der Waals surface area (Å²) in [5.41, 5.74) is 3.56. The van der Waals surface area contributed by atoms with Crippen molar-refractivity contribution in [2.24, 2.45) is 5.10 Å². The van der Waals surface area contributed by atoms with Crippen LogP contribution >= 0.6 is 15.9 Å². The number of sulfone groups is 1. The van der Waals surface area contributed by atoms with E-state index in [-0.39, 0.29) is 6.04 Å². The highest BCUT2D eigenvalue weighted by Crippen LogP contribution is 2.37. The molecule has 3 aromatic carbocycles. The third kappa shape index (κ3) is 4.02. The number of alkyl halides is 2. The molecule has 8 heteroatoms. The van der Waals surface area contributed by atoms with Gasteiger partial charge >= 0.3 is 5.76 Å². The molecule has 154 valence electrons. The zero-order valence-corrected chi connectivity index (χ0v) is 18.0. The molecule has 4 rings (SSSR count). The fourth-order valence-corrected chi connectivity index (χ4v) is 4.38. The van der Waals surface area contributed by atoms with E-state index in [0.717, 1.165) is 21.3 Å². The monoisotopic (exact) mass is 490 g/mol. The fourth-order valence-electron chi connectivity index (χ4n) is 3.39. The van der Waals surface area contributed by atoms with Gasteiger partial charge < -0.3 is 0 Å². The summed E-state index contributed by atoms with van der Waals surface area (Å²) >= 11 is 3.43. The molecule has 4 nitrogen and oxygen atoms in total. The van der Waals surface area contributed by atoms with Gasteiger partial charge in [-0.05, 0) is 47.5 Å². The summed E-state index contributed by atoms with van der Waals surface area (Å²) in [5.74, 6) is -3.45. The lowest BCUT2D eigenvalue weighted by atomic mass is 9.98. The van der Waals surface area contributed by atoms with Crippen molar-refractivity contribution >= 4 is 37.2 Å². The van der Waals surface area contributed by atoms with Gasteiger partial charge in [0.05, 0.1) is 22.3 Å². The predicted molar refractivity (Wildman–Crippen MR) is 117 cm³/mol. The first-order valence-corrected chi connectivity index (χ1v) is 11.5. The molecule has 1 heterocycles. The molecule has 0 aliphatic carbocycles. The fraction of sp³-hybridized carbons (Fsp3) is 0.136. The van der Waals surface area contributed by atoms with Gasteiger partial charge in [-0.3, -0.25) is 5.01 Å². The molecular formula is C22H17BrF2N2O2S. The van der Waals surface area contributed by atoms with Crippen LogP contribution in [0, 0.1) is 0 Å². The van der Waals surface area contributed by atoms with Crippen LogP contribution in [0.4, 0.5) is 14.5 Å². The minimum absolute atomic E-state index is 0.0950. The van der Waals surface area contributed by atoms with E-state index >= 15 is 0 Å². The SMILES string of the molecule is O=S(=O)(c1ccc(N2N=C(c3ccc(Br)cc3)C[C@H]2c2ccccc2)cc1)C(F)F. The highest BCUT2D eigenvalue weighted by atomic mass is 79.9. The van der Waals surface area contributed by atoms with Crippen molar-refractivity contribution in [3.05, 3.63) is 94.5 Å². The zero-order chi connectivity index (χ0) is 21.3. The van der Waals surface area contributed by atoms with Gasteiger partial charge in [0.2, 0.25) is 9.84 Å². The first kappa shape index (κ1) is 20.7. The Morgan fingerprint density at radius 3 is 2.17 bits per heavy atom.